The minimum Gasteiger partial charge on any atom is -0.349 e. The zero-order valence-electron chi connectivity index (χ0n) is 14.6. The van der Waals surface area contributed by atoms with E-state index in [0.29, 0.717) is 25.6 Å². The number of nitrogens with one attached hydrogen (secondary N) is 2. The van der Waals surface area contributed by atoms with Crippen molar-refractivity contribution < 1.29 is 9.59 Å². The third kappa shape index (κ3) is 4.83. The minimum atomic E-state index is -0.209. The van der Waals surface area contributed by atoms with Crippen molar-refractivity contribution in [2.24, 2.45) is 17.6 Å². The zero-order chi connectivity index (χ0) is 16.9. The first-order chi connectivity index (χ1) is 11.0. The molecule has 1 aliphatic heterocycles. The van der Waals surface area contributed by atoms with Crippen LogP contribution in [0, 0.1) is 11.8 Å². The molecule has 6 heteroatoms. The second-order valence-electron chi connectivity index (χ2n) is 7.55. The summed E-state index contributed by atoms with van der Waals surface area (Å²) in [4.78, 5) is 26.6. The van der Waals surface area contributed by atoms with Crippen molar-refractivity contribution in [1.82, 2.24) is 15.5 Å². The lowest BCUT2D eigenvalue weighted by Gasteiger charge is -2.35. The van der Waals surface area contributed by atoms with E-state index in [2.05, 4.69) is 24.5 Å². The third-order valence-electron chi connectivity index (χ3n) is 5.08. The second-order valence-corrected chi connectivity index (χ2v) is 7.55. The van der Waals surface area contributed by atoms with Gasteiger partial charge in [0.1, 0.15) is 0 Å². The number of piperidine rings is 1. The van der Waals surface area contributed by atoms with Crippen LogP contribution in [-0.2, 0) is 4.79 Å². The molecule has 1 atom stereocenters. The van der Waals surface area contributed by atoms with E-state index in [9.17, 15) is 9.59 Å². The molecule has 0 bridgehead atoms. The summed E-state index contributed by atoms with van der Waals surface area (Å²) in [5, 5.41) is 6.14. The minimum absolute atomic E-state index is 0.0504. The summed E-state index contributed by atoms with van der Waals surface area (Å²) in [6, 6.07) is -0.0504. The fourth-order valence-electron chi connectivity index (χ4n) is 3.57. The number of urea groups is 1. The molecule has 0 aromatic heterocycles. The molecular weight excluding hydrogens is 292 g/mol. The molecule has 0 aromatic rings. The predicted octanol–water partition coefficient (Wildman–Crippen LogP) is 1.45. The first-order valence-corrected chi connectivity index (χ1v) is 9.00. The molecule has 4 N–H and O–H groups in total. The molecule has 1 saturated heterocycles. The van der Waals surface area contributed by atoms with Gasteiger partial charge in [-0.15, -0.1) is 0 Å². The zero-order valence-corrected chi connectivity index (χ0v) is 14.6. The monoisotopic (exact) mass is 324 g/mol. The van der Waals surface area contributed by atoms with E-state index in [0.717, 1.165) is 45.1 Å². The Hall–Kier alpha value is -1.30. The number of likely N-dealkylation sites (tertiary alicyclic amines) is 1. The topological polar surface area (TPSA) is 87.5 Å². The Bertz CT molecular complexity index is 419. The summed E-state index contributed by atoms with van der Waals surface area (Å²) in [6.45, 7) is 6.56. The van der Waals surface area contributed by atoms with Crippen LogP contribution < -0.4 is 16.4 Å². The van der Waals surface area contributed by atoms with Gasteiger partial charge in [-0.1, -0.05) is 26.7 Å². The molecule has 2 rings (SSSR count). The second kappa shape index (κ2) is 7.99. The Kier molecular flexibility index (Phi) is 6.27. The average Bonchev–Trinajstić information content (AvgIpc) is 3.01. The highest BCUT2D eigenvalue weighted by Crippen LogP contribution is 2.29. The van der Waals surface area contributed by atoms with Gasteiger partial charge in [0.15, 0.2) is 0 Å². The van der Waals surface area contributed by atoms with E-state index in [1.165, 1.54) is 0 Å². The Morgan fingerprint density at radius 3 is 2.57 bits per heavy atom. The summed E-state index contributed by atoms with van der Waals surface area (Å²) in [5.41, 5.74) is 5.69. The Morgan fingerprint density at radius 1 is 1.26 bits per heavy atom. The maximum absolute atomic E-state index is 12.6. The van der Waals surface area contributed by atoms with Gasteiger partial charge in [0.05, 0.1) is 11.5 Å². The molecule has 23 heavy (non-hydrogen) atoms. The Labute approximate surface area is 139 Å². The van der Waals surface area contributed by atoms with Crippen molar-refractivity contribution in [3.8, 4) is 0 Å². The molecule has 3 amide bonds. The van der Waals surface area contributed by atoms with Crippen LogP contribution in [-0.4, -0.2) is 48.6 Å². The van der Waals surface area contributed by atoms with Crippen molar-refractivity contribution in [3.05, 3.63) is 0 Å². The molecule has 2 fully saturated rings. The fourth-order valence-corrected chi connectivity index (χ4v) is 3.57. The van der Waals surface area contributed by atoms with Gasteiger partial charge in [0.2, 0.25) is 5.91 Å². The molecule has 0 spiro atoms. The Morgan fingerprint density at radius 2 is 1.96 bits per heavy atom. The van der Waals surface area contributed by atoms with Crippen LogP contribution in [0.25, 0.3) is 0 Å². The maximum atomic E-state index is 12.6. The predicted molar refractivity (Wildman–Crippen MR) is 90.9 cm³/mol. The first-order valence-electron chi connectivity index (χ1n) is 9.00. The van der Waals surface area contributed by atoms with E-state index in [1.807, 2.05) is 0 Å². The van der Waals surface area contributed by atoms with Gasteiger partial charge < -0.3 is 21.3 Å². The summed E-state index contributed by atoms with van der Waals surface area (Å²) in [6.07, 6.45) is 5.93. The quantitative estimate of drug-likeness (QED) is 0.715. The average molecular weight is 324 g/mol. The highest BCUT2D eigenvalue weighted by atomic mass is 16.2. The lowest BCUT2D eigenvalue weighted by molar-refractivity contribution is -0.128. The van der Waals surface area contributed by atoms with Crippen LogP contribution in [0.1, 0.15) is 52.4 Å². The molecule has 132 valence electrons. The molecule has 1 saturated carbocycles. The number of hydrogen-bond donors (Lipinski definition) is 3. The van der Waals surface area contributed by atoms with Crippen LogP contribution in [0.15, 0.2) is 0 Å². The van der Waals surface area contributed by atoms with Crippen LogP contribution in [0.5, 0.6) is 0 Å². The van der Waals surface area contributed by atoms with Crippen LogP contribution >= 0.6 is 0 Å². The van der Waals surface area contributed by atoms with Crippen LogP contribution in [0.2, 0.25) is 0 Å². The summed E-state index contributed by atoms with van der Waals surface area (Å²) in [5.74, 6) is 0.380. The molecule has 1 aliphatic carbocycles. The maximum Gasteiger partial charge on any atom is 0.317 e. The van der Waals surface area contributed by atoms with E-state index in [4.69, 9.17) is 5.73 Å². The van der Waals surface area contributed by atoms with Crippen molar-refractivity contribution in [2.75, 3.05) is 26.2 Å². The summed E-state index contributed by atoms with van der Waals surface area (Å²) in [7, 11) is 0. The number of carbonyl (C=O) groups is 2. The summed E-state index contributed by atoms with van der Waals surface area (Å²) >= 11 is 0. The van der Waals surface area contributed by atoms with Crippen molar-refractivity contribution in [3.63, 3.8) is 0 Å². The van der Waals surface area contributed by atoms with Crippen molar-refractivity contribution in [1.29, 1.82) is 0 Å². The van der Waals surface area contributed by atoms with Crippen molar-refractivity contribution >= 4 is 11.9 Å². The standard InChI is InChI=1S/C17H32N4O2/c1-13(2)10-19-16(23)21-9-5-6-14(11-21)15(22)20-17(12-18)7-3-4-8-17/h13-14H,3-12,18H2,1-2H3,(H,19,23)(H,20,22). The number of carbonyl (C=O) groups excluding carboxylic acids is 2. The van der Waals surface area contributed by atoms with E-state index in [1.54, 1.807) is 4.90 Å². The number of nitrogens with zero attached hydrogens (tertiary/aromatic N) is 1. The molecule has 6 nitrogen and oxygen atoms in total. The summed E-state index contributed by atoms with van der Waals surface area (Å²) < 4.78 is 0. The van der Waals surface area contributed by atoms with Gasteiger partial charge in [-0.2, -0.15) is 0 Å². The molecule has 0 aromatic carbocycles. The van der Waals surface area contributed by atoms with E-state index < -0.39 is 0 Å². The van der Waals surface area contributed by atoms with Crippen LogP contribution in [0.4, 0.5) is 4.79 Å². The van der Waals surface area contributed by atoms with Crippen LogP contribution in [0.3, 0.4) is 0 Å². The fraction of sp³-hybridized carbons (Fsp3) is 0.882. The van der Waals surface area contributed by atoms with Gasteiger partial charge in [-0.3, -0.25) is 4.79 Å². The molecule has 2 aliphatic rings. The SMILES string of the molecule is CC(C)CNC(=O)N1CCCC(C(=O)NC2(CN)CCCC2)C1. The number of rotatable bonds is 5. The normalized spacial score (nSPS) is 23.8. The highest BCUT2D eigenvalue weighted by molar-refractivity contribution is 5.81. The number of nitrogens with two attached hydrogens (primary N) is 1. The largest absolute Gasteiger partial charge is 0.349 e. The lowest BCUT2D eigenvalue weighted by atomic mass is 9.93. The lowest BCUT2D eigenvalue weighted by Crippen LogP contribution is -2.56. The van der Waals surface area contributed by atoms with Gasteiger partial charge in [-0.25, -0.2) is 4.79 Å². The first kappa shape index (κ1) is 18.0. The molecule has 1 unspecified atom stereocenters. The van der Waals surface area contributed by atoms with Crippen molar-refractivity contribution in [2.45, 2.75) is 57.9 Å². The highest BCUT2D eigenvalue weighted by Gasteiger charge is 2.37. The number of hydrogen-bond acceptors (Lipinski definition) is 3. The van der Waals surface area contributed by atoms with Gasteiger partial charge >= 0.3 is 6.03 Å². The van der Waals surface area contributed by atoms with E-state index >= 15 is 0 Å². The van der Waals surface area contributed by atoms with Gasteiger partial charge in [0.25, 0.3) is 0 Å². The molecule has 0 radical (unpaired) electrons. The smallest absolute Gasteiger partial charge is 0.317 e. The van der Waals surface area contributed by atoms with Gasteiger partial charge in [-0.05, 0) is 31.6 Å². The third-order valence-corrected chi connectivity index (χ3v) is 5.08. The van der Waals surface area contributed by atoms with E-state index in [-0.39, 0.29) is 23.4 Å². The number of amides is 3. The molecular formula is C17H32N4O2. The van der Waals surface area contributed by atoms with Gasteiger partial charge in [0, 0.05) is 26.2 Å². The molecule has 1 heterocycles. The Balaban J connectivity index is 1.87.